The van der Waals surface area contributed by atoms with Crippen LogP contribution in [-0.4, -0.2) is 26.8 Å². The normalized spacial score (nSPS) is 22.9. The molecule has 1 aliphatic carbocycles. The number of nitrogen functional groups attached to an aromatic ring is 1. The van der Waals surface area contributed by atoms with E-state index in [9.17, 15) is 0 Å². The van der Waals surface area contributed by atoms with Gasteiger partial charge in [0.05, 0.1) is 11.4 Å². The number of anilines is 2. The lowest BCUT2D eigenvalue weighted by Gasteiger charge is -2.21. The highest BCUT2D eigenvalue weighted by molar-refractivity contribution is 7.99. The van der Waals surface area contributed by atoms with Crippen molar-refractivity contribution in [3.8, 4) is 0 Å². The van der Waals surface area contributed by atoms with Crippen LogP contribution in [0.15, 0.2) is 0 Å². The first-order valence-electron chi connectivity index (χ1n) is 7.36. The largest absolute Gasteiger partial charge is 0.394 e. The van der Waals surface area contributed by atoms with Crippen LogP contribution in [0.3, 0.4) is 0 Å². The lowest BCUT2D eigenvalue weighted by atomic mass is 10.2. The molecule has 1 heterocycles. The second-order valence-corrected chi connectivity index (χ2v) is 6.77. The van der Waals surface area contributed by atoms with Crippen molar-refractivity contribution in [1.29, 1.82) is 0 Å². The number of nitrogens with two attached hydrogens (primary N) is 1. The first-order valence-corrected chi connectivity index (χ1v) is 8.41. The second kappa shape index (κ2) is 6.55. The van der Waals surface area contributed by atoms with Crippen LogP contribution >= 0.6 is 11.8 Å². The molecule has 0 saturated heterocycles. The van der Waals surface area contributed by atoms with E-state index in [0.717, 1.165) is 30.0 Å². The predicted octanol–water partition coefficient (Wildman–Crippen LogP) is 3.04. The molecule has 0 bridgehead atoms. The van der Waals surface area contributed by atoms with Gasteiger partial charge in [0.25, 0.3) is 0 Å². The van der Waals surface area contributed by atoms with Gasteiger partial charge < -0.3 is 11.1 Å². The Bertz CT molecular complexity index is 416. The number of aromatic nitrogens is 2. The molecule has 1 aliphatic rings. The quantitative estimate of drug-likeness (QED) is 0.842. The minimum Gasteiger partial charge on any atom is -0.394 e. The van der Waals surface area contributed by atoms with Crippen LogP contribution in [0.4, 0.5) is 11.5 Å². The molecule has 2 atom stereocenters. The Kier molecular flexibility index (Phi) is 5.02. The summed E-state index contributed by atoms with van der Waals surface area (Å²) in [6, 6.07) is 0.539. The van der Waals surface area contributed by atoms with Crippen LogP contribution in [0.2, 0.25) is 0 Å². The van der Waals surface area contributed by atoms with E-state index >= 15 is 0 Å². The van der Waals surface area contributed by atoms with Gasteiger partial charge in [-0.15, -0.1) is 0 Å². The molecule has 1 aromatic rings. The maximum atomic E-state index is 6.24. The monoisotopic (exact) mass is 282 g/mol. The summed E-state index contributed by atoms with van der Waals surface area (Å²) in [7, 11) is 1.98. The molecule has 1 saturated carbocycles. The van der Waals surface area contributed by atoms with Crippen molar-refractivity contribution in [2.24, 2.45) is 7.05 Å². The lowest BCUT2D eigenvalue weighted by Crippen LogP contribution is -2.27. The van der Waals surface area contributed by atoms with Gasteiger partial charge in [-0.1, -0.05) is 26.7 Å². The molecule has 1 aromatic heterocycles. The minimum atomic E-state index is 0.539. The van der Waals surface area contributed by atoms with E-state index in [2.05, 4.69) is 36.0 Å². The summed E-state index contributed by atoms with van der Waals surface area (Å²) in [6.45, 7) is 4.39. The predicted molar refractivity (Wildman–Crippen MR) is 84.8 cm³/mol. The SMILES string of the molecule is CCCc1nn(C)c(NC2CCCC2SCC)c1N. The van der Waals surface area contributed by atoms with Gasteiger partial charge in [0.1, 0.15) is 5.82 Å². The third-order valence-corrected chi connectivity index (χ3v) is 5.13. The number of nitrogens with zero attached hydrogens (tertiary/aromatic N) is 2. The number of hydrogen-bond acceptors (Lipinski definition) is 4. The third-order valence-electron chi connectivity index (χ3n) is 3.80. The zero-order valence-electron chi connectivity index (χ0n) is 12.3. The van der Waals surface area contributed by atoms with Crippen LogP contribution in [0.25, 0.3) is 0 Å². The van der Waals surface area contributed by atoms with E-state index in [4.69, 9.17) is 5.73 Å². The van der Waals surface area contributed by atoms with E-state index in [1.807, 2.05) is 11.7 Å². The Morgan fingerprint density at radius 2 is 2.21 bits per heavy atom. The van der Waals surface area contributed by atoms with Crippen molar-refractivity contribution >= 4 is 23.3 Å². The molecule has 0 radical (unpaired) electrons. The molecule has 3 N–H and O–H groups in total. The fourth-order valence-corrected chi connectivity index (χ4v) is 4.07. The van der Waals surface area contributed by atoms with Crippen molar-refractivity contribution in [2.75, 3.05) is 16.8 Å². The summed E-state index contributed by atoms with van der Waals surface area (Å²) in [6.07, 6.45) is 5.91. The number of rotatable bonds is 6. The first-order chi connectivity index (χ1) is 9.17. The van der Waals surface area contributed by atoms with Crippen LogP contribution in [-0.2, 0) is 13.5 Å². The summed E-state index contributed by atoms with van der Waals surface area (Å²) in [5.74, 6) is 2.20. The van der Waals surface area contributed by atoms with E-state index in [1.165, 1.54) is 25.0 Å². The number of thioether (sulfide) groups is 1. The van der Waals surface area contributed by atoms with E-state index < -0.39 is 0 Å². The summed E-state index contributed by atoms with van der Waals surface area (Å²) in [5, 5.41) is 8.90. The standard InChI is InChI=1S/C14H26N4S/c1-4-7-11-13(15)14(18(3)17-11)16-10-8-6-9-12(10)19-5-2/h10,12,16H,4-9,15H2,1-3H3. The third kappa shape index (κ3) is 3.19. The molecule has 0 aliphatic heterocycles. The highest BCUT2D eigenvalue weighted by Gasteiger charge is 2.28. The fourth-order valence-electron chi connectivity index (χ4n) is 2.87. The lowest BCUT2D eigenvalue weighted by molar-refractivity contribution is 0.706. The zero-order chi connectivity index (χ0) is 13.8. The first kappa shape index (κ1) is 14.6. The summed E-state index contributed by atoms with van der Waals surface area (Å²) < 4.78 is 1.91. The summed E-state index contributed by atoms with van der Waals surface area (Å²) >= 11 is 2.06. The van der Waals surface area contributed by atoms with Crippen molar-refractivity contribution in [2.45, 2.75) is 57.2 Å². The molecule has 2 rings (SSSR count). The molecule has 0 amide bonds. The van der Waals surface area contributed by atoms with Gasteiger partial charge in [-0.25, -0.2) is 0 Å². The minimum absolute atomic E-state index is 0.539. The van der Waals surface area contributed by atoms with Gasteiger partial charge >= 0.3 is 0 Å². The Labute approximate surface area is 120 Å². The maximum Gasteiger partial charge on any atom is 0.148 e. The van der Waals surface area contributed by atoms with Gasteiger partial charge in [0.15, 0.2) is 0 Å². The van der Waals surface area contributed by atoms with Crippen molar-refractivity contribution in [3.05, 3.63) is 5.69 Å². The van der Waals surface area contributed by atoms with Crippen LogP contribution in [0.1, 0.15) is 45.2 Å². The van der Waals surface area contributed by atoms with E-state index in [1.54, 1.807) is 0 Å². The van der Waals surface area contributed by atoms with Crippen LogP contribution in [0.5, 0.6) is 0 Å². The molecule has 4 nitrogen and oxygen atoms in total. The van der Waals surface area contributed by atoms with Gasteiger partial charge in [-0.05, 0) is 25.0 Å². The van der Waals surface area contributed by atoms with Gasteiger partial charge in [-0.3, -0.25) is 4.68 Å². The Balaban J connectivity index is 2.10. The molecule has 1 fully saturated rings. The van der Waals surface area contributed by atoms with Crippen molar-refractivity contribution < 1.29 is 0 Å². The topological polar surface area (TPSA) is 55.9 Å². The molecular weight excluding hydrogens is 256 g/mol. The highest BCUT2D eigenvalue weighted by Crippen LogP contribution is 2.34. The van der Waals surface area contributed by atoms with Gasteiger partial charge in [0.2, 0.25) is 0 Å². The zero-order valence-corrected chi connectivity index (χ0v) is 13.1. The molecule has 0 aromatic carbocycles. The summed E-state index contributed by atoms with van der Waals surface area (Å²) in [5.41, 5.74) is 8.11. The smallest absolute Gasteiger partial charge is 0.148 e. The van der Waals surface area contributed by atoms with E-state index in [0.29, 0.717) is 11.3 Å². The number of nitrogens with one attached hydrogen (secondary N) is 1. The van der Waals surface area contributed by atoms with Crippen molar-refractivity contribution in [1.82, 2.24) is 9.78 Å². The average Bonchev–Trinajstić information content (AvgIpc) is 2.91. The molecule has 108 valence electrons. The molecule has 2 unspecified atom stereocenters. The number of aryl methyl sites for hydroxylation is 2. The molecular formula is C14H26N4S. The fraction of sp³-hybridized carbons (Fsp3) is 0.786. The van der Waals surface area contributed by atoms with Gasteiger partial charge in [0, 0.05) is 18.3 Å². The van der Waals surface area contributed by atoms with Crippen LogP contribution in [0, 0.1) is 0 Å². The Hall–Kier alpha value is -0.840. The average molecular weight is 282 g/mol. The molecule has 19 heavy (non-hydrogen) atoms. The van der Waals surface area contributed by atoms with Gasteiger partial charge in [-0.2, -0.15) is 16.9 Å². The van der Waals surface area contributed by atoms with Crippen molar-refractivity contribution in [3.63, 3.8) is 0 Å². The maximum absolute atomic E-state index is 6.24. The summed E-state index contributed by atoms with van der Waals surface area (Å²) in [4.78, 5) is 0. The molecule has 0 spiro atoms. The van der Waals surface area contributed by atoms with Crippen LogP contribution < -0.4 is 11.1 Å². The Morgan fingerprint density at radius 1 is 1.42 bits per heavy atom. The second-order valence-electron chi connectivity index (χ2n) is 5.26. The number of hydrogen-bond donors (Lipinski definition) is 2. The Morgan fingerprint density at radius 3 is 2.89 bits per heavy atom. The van der Waals surface area contributed by atoms with E-state index in [-0.39, 0.29) is 0 Å². The highest BCUT2D eigenvalue weighted by atomic mass is 32.2. The molecule has 5 heteroatoms.